The van der Waals surface area contributed by atoms with Crippen molar-refractivity contribution >= 4 is 23.1 Å². The van der Waals surface area contributed by atoms with E-state index >= 15 is 0 Å². The van der Waals surface area contributed by atoms with Crippen LogP contribution in [0.3, 0.4) is 0 Å². The lowest BCUT2D eigenvalue weighted by molar-refractivity contribution is 0.182. The summed E-state index contributed by atoms with van der Waals surface area (Å²) >= 11 is 7.71. The predicted octanol–water partition coefficient (Wildman–Crippen LogP) is 2.04. The van der Waals surface area contributed by atoms with Gasteiger partial charge in [0.05, 0.1) is 46.7 Å². The molecule has 20 heavy (non-hydrogen) atoms. The van der Waals surface area contributed by atoms with Crippen LogP contribution in [0, 0.1) is 6.92 Å². The zero-order valence-corrected chi connectivity index (χ0v) is 13.3. The summed E-state index contributed by atoms with van der Waals surface area (Å²) in [7, 11) is 1.67. The molecule has 6 nitrogen and oxygen atoms in total. The second kappa shape index (κ2) is 7.12. The molecule has 0 radical (unpaired) electrons. The van der Waals surface area contributed by atoms with E-state index in [-0.39, 0.29) is 6.04 Å². The number of hydrogen-bond donors (Lipinski definition) is 1. The van der Waals surface area contributed by atoms with Crippen LogP contribution in [0.1, 0.15) is 29.2 Å². The lowest BCUT2D eigenvalue weighted by atomic mass is 10.1. The molecular formula is C12H18ClN5OS. The molecule has 110 valence electrons. The molecule has 0 spiro atoms. The van der Waals surface area contributed by atoms with Crippen LogP contribution in [0.5, 0.6) is 0 Å². The van der Waals surface area contributed by atoms with Crippen molar-refractivity contribution in [2.75, 3.05) is 20.3 Å². The standard InChI is InChI=1S/C12H18ClN5OS/c1-4-14-10(12-8(2)16-17-20-12)11-9(13)7-15-18(11)5-6-19-3/h7,10,14H,4-6H2,1-3H3. The van der Waals surface area contributed by atoms with Gasteiger partial charge in [-0.15, -0.1) is 5.10 Å². The number of rotatable bonds is 7. The Bertz CT molecular complexity index is 556. The van der Waals surface area contributed by atoms with Crippen molar-refractivity contribution in [3.63, 3.8) is 0 Å². The number of ether oxygens (including phenoxy) is 1. The maximum Gasteiger partial charge on any atom is 0.0892 e. The van der Waals surface area contributed by atoms with E-state index in [9.17, 15) is 0 Å². The van der Waals surface area contributed by atoms with Gasteiger partial charge in [-0.05, 0) is 25.0 Å². The second-order valence-corrected chi connectivity index (χ2v) is 5.50. The van der Waals surface area contributed by atoms with Crippen molar-refractivity contribution in [2.24, 2.45) is 0 Å². The topological polar surface area (TPSA) is 64.9 Å². The van der Waals surface area contributed by atoms with Gasteiger partial charge in [0.2, 0.25) is 0 Å². The van der Waals surface area contributed by atoms with Gasteiger partial charge >= 0.3 is 0 Å². The highest BCUT2D eigenvalue weighted by atomic mass is 35.5. The highest BCUT2D eigenvalue weighted by Crippen LogP contribution is 2.31. The zero-order chi connectivity index (χ0) is 14.5. The third kappa shape index (κ3) is 3.17. The van der Waals surface area contributed by atoms with E-state index in [2.05, 4.69) is 26.9 Å². The maximum absolute atomic E-state index is 6.32. The smallest absolute Gasteiger partial charge is 0.0892 e. The van der Waals surface area contributed by atoms with Gasteiger partial charge in [-0.1, -0.05) is 23.0 Å². The van der Waals surface area contributed by atoms with Crippen molar-refractivity contribution in [1.82, 2.24) is 24.7 Å². The minimum Gasteiger partial charge on any atom is -0.383 e. The van der Waals surface area contributed by atoms with E-state index < -0.39 is 0 Å². The van der Waals surface area contributed by atoms with Crippen LogP contribution in [-0.2, 0) is 11.3 Å². The monoisotopic (exact) mass is 315 g/mol. The molecule has 2 aromatic rings. The van der Waals surface area contributed by atoms with E-state index in [1.54, 1.807) is 13.3 Å². The van der Waals surface area contributed by atoms with Crippen molar-refractivity contribution in [2.45, 2.75) is 26.4 Å². The fourth-order valence-electron chi connectivity index (χ4n) is 2.04. The molecule has 0 aromatic carbocycles. The first kappa shape index (κ1) is 15.4. The first-order valence-electron chi connectivity index (χ1n) is 6.41. The lowest BCUT2D eigenvalue weighted by Gasteiger charge is -2.19. The largest absolute Gasteiger partial charge is 0.383 e. The third-order valence-corrected chi connectivity index (χ3v) is 4.15. The van der Waals surface area contributed by atoms with E-state index in [1.165, 1.54) is 11.5 Å². The predicted molar refractivity (Wildman–Crippen MR) is 79.3 cm³/mol. The number of nitrogens with zero attached hydrogens (tertiary/aromatic N) is 4. The van der Waals surface area contributed by atoms with Gasteiger partial charge in [-0.3, -0.25) is 4.68 Å². The average Bonchev–Trinajstić information content (AvgIpc) is 3.01. The summed E-state index contributed by atoms with van der Waals surface area (Å²) in [6.07, 6.45) is 1.67. The van der Waals surface area contributed by atoms with Crippen LogP contribution in [0.15, 0.2) is 6.20 Å². The summed E-state index contributed by atoms with van der Waals surface area (Å²) in [4.78, 5) is 1.06. The SMILES string of the molecule is CCNC(c1snnc1C)c1c(Cl)cnn1CCOC. The summed E-state index contributed by atoms with van der Waals surface area (Å²) in [6, 6.07) is -0.0492. The Morgan fingerprint density at radius 3 is 2.95 bits per heavy atom. The summed E-state index contributed by atoms with van der Waals surface area (Å²) < 4.78 is 11.0. The Hall–Kier alpha value is -1.02. The van der Waals surface area contributed by atoms with Gasteiger partial charge in [-0.25, -0.2) is 0 Å². The molecule has 0 aliphatic rings. The Morgan fingerprint density at radius 2 is 2.35 bits per heavy atom. The van der Waals surface area contributed by atoms with Gasteiger partial charge in [-0.2, -0.15) is 5.10 Å². The highest BCUT2D eigenvalue weighted by Gasteiger charge is 2.25. The molecule has 1 unspecified atom stereocenters. The summed E-state index contributed by atoms with van der Waals surface area (Å²) in [5.74, 6) is 0. The Morgan fingerprint density at radius 1 is 1.55 bits per heavy atom. The van der Waals surface area contributed by atoms with Crippen LogP contribution in [0.4, 0.5) is 0 Å². The Kier molecular flexibility index (Phi) is 5.47. The molecule has 1 atom stereocenters. The molecule has 0 amide bonds. The van der Waals surface area contributed by atoms with Crippen molar-refractivity contribution < 1.29 is 4.74 Å². The molecule has 2 heterocycles. The fourth-order valence-corrected chi connectivity index (χ4v) is 3.01. The minimum atomic E-state index is -0.0492. The Labute approximate surface area is 127 Å². The normalized spacial score (nSPS) is 12.8. The van der Waals surface area contributed by atoms with E-state index in [1.807, 2.05) is 11.6 Å². The maximum atomic E-state index is 6.32. The Balaban J connectivity index is 2.39. The second-order valence-electron chi connectivity index (χ2n) is 4.31. The average molecular weight is 316 g/mol. The first-order chi connectivity index (χ1) is 9.69. The number of halogens is 1. The summed E-state index contributed by atoms with van der Waals surface area (Å²) in [6.45, 7) is 6.07. The fraction of sp³-hybridized carbons (Fsp3) is 0.583. The molecule has 1 N–H and O–H groups in total. The van der Waals surface area contributed by atoms with Gasteiger partial charge in [0.25, 0.3) is 0 Å². The molecule has 2 aromatic heterocycles. The van der Waals surface area contributed by atoms with Crippen LogP contribution in [-0.4, -0.2) is 39.6 Å². The number of aryl methyl sites for hydroxylation is 1. The summed E-state index contributed by atoms with van der Waals surface area (Å²) in [5, 5.41) is 12.5. The van der Waals surface area contributed by atoms with Crippen LogP contribution < -0.4 is 5.32 Å². The van der Waals surface area contributed by atoms with Crippen LogP contribution in [0.2, 0.25) is 5.02 Å². The minimum absolute atomic E-state index is 0.0492. The van der Waals surface area contributed by atoms with Crippen LogP contribution in [0.25, 0.3) is 0 Å². The molecule has 2 rings (SSSR count). The van der Waals surface area contributed by atoms with Gasteiger partial charge in [0, 0.05) is 7.11 Å². The molecule has 0 aliphatic carbocycles. The van der Waals surface area contributed by atoms with Crippen LogP contribution >= 0.6 is 23.1 Å². The first-order valence-corrected chi connectivity index (χ1v) is 7.56. The molecule has 8 heteroatoms. The molecule has 0 bridgehead atoms. The van der Waals surface area contributed by atoms with Gasteiger partial charge < -0.3 is 10.1 Å². The van der Waals surface area contributed by atoms with E-state index in [4.69, 9.17) is 16.3 Å². The number of nitrogens with one attached hydrogen (secondary N) is 1. The molecule has 0 saturated carbocycles. The van der Waals surface area contributed by atoms with Crippen molar-refractivity contribution in [3.8, 4) is 0 Å². The molecule has 0 saturated heterocycles. The quantitative estimate of drug-likeness (QED) is 0.847. The van der Waals surface area contributed by atoms with E-state index in [0.717, 1.165) is 22.8 Å². The third-order valence-electron chi connectivity index (χ3n) is 2.97. The van der Waals surface area contributed by atoms with Crippen molar-refractivity contribution in [3.05, 3.63) is 27.5 Å². The van der Waals surface area contributed by atoms with E-state index in [0.29, 0.717) is 18.2 Å². The molecule has 0 aliphatic heterocycles. The van der Waals surface area contributed by atoms with Gasteiger partial charge in [0.1, 0.15) is 0 Å². The summed E-state index contributed by atoms with van der Waals surface area (Å²) in [5.41, 5.74) is 1.84. The van der Waals surface area contributed by atoms with Gasteiger partial charge in [0.15, 0.2) is 0 Å². The lowest BCUT2D eigenvalue weighted by Crippen LogP contribution is -2.25. The van der Waals surface area contributed by atoms with Crippen molar-refractivity contribution in [1.29, 1.82) is 0 Å². The number of hydrogen-bond acceptors (Lipinski definition) is 6. The molecule has 0 fully saturated rings. The highest BCUT2D eigenvalue weighted by molar-refractivity contribution is 7.05. The number of methoxy groups -OCH3 is 1. The zero-order valence-electron chi connectivity index (χ0n) is 11.8. The number of aromatic nitrogens is 4. The molecular weight excluding hydrogens is 298 g/mol.